The van der Waals surface area contributed by atoms with Crippen LogP contribution < -0.4 is 5.32 Å². The summed E-state index contributed by atoms with van der Waals surface area (Å²) in [6, 6.07) is 3.72. The highest BCUT2D eigenvalue weighted by molar-refractivity contribution is 5.91. The molecule has 2 rings (SSSR count). The van der Waals surface area contributed by atoms with Crippen LogP contribution in [-0.2, 0) is 16.8 Å². The second-order valence-corrected chi connectivity index (χ2v) is 6.57. The van der Waals surface area contributed by atoms with E-state index in [2.05, 4.69) is 41.4 Å². The van der Waals surface area contributed by atoms with Crippen LogP contribution >= 0.6 is 0 Å². The quantitative estimate of drug-likeness (QED) is 0.883. The molecule has 7 heteroatoms. The molecule has 0 unspecified atom stereocenters. The summed E-state index contributed by atoms with van der Waals surface area (Å²) in [6.45, 7) is 9.00. The number of anilines is 1. The van der Waals surface area contributed by atoms with Gasteiger partial charge >= 0.3 is 0 Å². The average Bonchev–Trinajstić information content (AvgIpc) is 2.97. The van der Waals surface area contributed by atoms with Crippen molar-refractivity contribution < 1.29 is 9.32 Å². The van der Waals surface area contributed by atoms with Crippen LogP contribution in [0.5, 0.6) is 0 Å². The van der Waals surface area contributed by atoms with Crippen molar-refractivity contribution >= 4 is 11.7 Å². The summed E-state index contributed by atoms with van der Waals surface area (Å²) in [4.78, 5) is 13.8. The van der Waals surface area contributed by atoms with E-state index in [0.717, 1.165) is 11.4 Å². The van der Waals surface area contributed by atoms with Gasteiger partial charge in [0, 0.05) is 23.7 Å². The van der Waals surface area contributed by atoms with Gasteiger partial charge in [-0.25, -0.2) is 0 Å². The van der Waals surface area contributed by atoms with Crippen molar-refractivity contribution in [2.45, 2.75) is 39.7 Å². The third-order valence-electron chi connectivity index (χ3n) is 3.15. The van der Waals surface area contributed by atoms with Gasteiger partial charge in [-0.1, -0.05) is 25.9 Å². The number of likely N-dealkylation sites (N-methyl/N-ethyl adjacent to an activating group) is 1. The van der Waals surface area contributed by atoms with Gasteiger partial charge in [-0.2, -0.15) is 5.10 Å². The minimum Gasteiger partial charge on any atom is -0.360 e. The van der Waals surface area contributed by atoms with E-state index in [1.54, 1.807) is 13.0 Å². The molecule has 22 heavy (non-hydrogen) atoms. The molecule has 2 N–H and O–H groups in total. The van der Waals surface area contributed by atoms with Gasteiger partial charge in [0.25, 0.3) is 0 Å². The molecule has 7 nitrogen and oxygen atoms in total. The summed E-state index contributed by atoms with van der Waals surface area (Å²) in [5, 5.41) is 13.8. The van der Waals surface area contributed by atoms with Crippen molar-refractivity contribution in [2.24, 2.45) is 0 Å². The van der Waals surface area contributed by atoms with Crippen LogP contribution in [0.3, 0.4) is 0 Å². The van der Waals surface area contributed by atoms with Crippen LogP contribution in [0.15, 0.2) is 16.7 Å². The minimum atomic E-state index is -0.133. The zero-order chi connectivity index (χ0) is 16.3. The molecule has 0 aromatic carbocycles. The first-order chi connectivity index (χ1) is 10.2. The molecule has 120 valence electrons. The Balaban J connectivity index is 1.85. The highest BCUT2D eigenvalue weighted by atomic mass is 16.5. The van der Waals surface area contributed by atoms with Crippen molar-refractivity contribution in [1.29, 1.82) is 0 Å². The highest BCUT2D eigenvalue weighted by Crippen LogP contribution is 2.20. The fraction of sp³-hybridized carbons (Fsp3) is 0.533. The summed E-state index contributed by atoms with van der Waals surface area (Å²) < 4.78 is 4.91. The van der Waals surface area contributed by atoms with Gasteiger partial charge in [-0.15, -0.1) is 0 Å². The van der Waals surface area contributed by atoms with Gasteiger partial charge < -0.3 is 9.84 Å². The van der Waals surface area contributed by atoms with Gasteiger partial charge in [-0.05, 0) is 20.0 Å². The van der Waals surface area contributed by atoms with Crippen molar-refractivity contribution in [3.8, 4) is 0 Å². The predicted molar refractivity (Wildman–Crippen MR) is 83.5 cm³/mol. The van der Waals surface area contributed by atoms with Crippen LogP contribution in [-0.4, -0.2) is 39.8 Å². The lowest BCUT2D eigenvalue weighted by molar-refractivity contribution is -0.117. The molecule has 0 aliphatic heterocycles. The Morgan fingerprint density at radius 2 is 2.14 bits per heavy atom. The Morgan fingerprint density at radius 1 is 1.41 bits per heavy atom. The van der Waals surface area contributed by atoms with E-state index in [4.69, 9.17) is 4.52 Å². The first kappa shape index (κ1) is 16.2. The Hall–Kier alpha value is -2.15. The monoisotopic (exact) mass is 305 g/mol. The summed E-state index contributed by atoms with van der Waals surface area (Å²) in [5.74, 6) is 0.967. The number of nitrogens with one attached hydrogen (secondary N) is 2. The molecule has 0 bridgehead atoms. The first-order valence-electron chi connectivity index (χ1n) is 7.20. The third kappa shape index (κ3) is 4.42. The molecule has 0 spiro atoms. The molecule has 0 saturated carbocycles. The van der Waals surface area contributed by atoms with Gasteiger partial charge in [0.15, 0.2) is 5.82 Å². The fourth-order valence-corrected chi connectivity index (χ4v) is 2.03. The number of hydrogen-bond donors (Lipinski definition) is 2. The Kier molecular flexibility index (Phi) is 4.65. The van der Waals surface area contributed by atoms with Gasteiger partial charge in [-0.3, -0.25) is 14.8 Å². The van der Waals surface area contributed by atoms with E-state index in [1.165, 1.54) is 0 Å². The number of carbonyl (C=O) groups is 1. The van der Waals surface area contributed by atoms with Gasteiger partial charge in [0.05, 0.1) is 12.2 Å². The number of nitrogens with zero attached hydrogens (tertiary/aromatic N) is 3. The lowest BCUT2D eigenvalue weighted by Crippen LogP contribution is -2.30. The van der Waals surface area contributed by atoms with E-state index in [-0.39, 0.29) is 17.9 Å². The predicted octanol–water partition coefficient (Wildman–Crippen LogP) is 2.07. The summed E-state index contributed by atoms with van der Waals surface area (Å²) in [5.41, 5.74) is 2.01. The highest BCUT2D eigenvalue weighted by Gasteiger charge is 2.18. The molecule has 0 saturated heterocycles. The standard InChI is InChI=1S/C15H23N5O2/c1-10-6-13(19-22-10)16-14(21)9-20(5)8-11-7-12(18-17-11)15(2,3)4/h6-7H,8-9H2,1-5H3,(H,17,18)(H,16,19,21). The van der Waals surface area contributed by atoms with E-state index < -0.39 is 0 Å². The van der Waals surface area contributed by atoms with E-state index in [9.17, 15) is 4.79 Å². The maximum absolute atomic E-state index is 11.9. The van der Waals surface area contributed by atoms with Gasteiger partial charge in [0.1, 0.15) is 5.76 Å². The first-order valence-corrected chi connectivity index (χ1v) is 7.20. The molecule has 0 aliphatic rings. The maximum atomic E-state index is 11.9. The van der Waals surface area contributed by atoms with Crippen LogP contribution in [0, 0.1) is 6.92 Å². The molecule has 0 aliphatic carbocycles. The molecule has 0 atom stereocenters. The number of aromatic nitrogens is 3. The summed E-state index contributed by atoms with van der Waals surface area (Å²) >= 11 is 0. The van der Waals surface area contributed by atoms with E-state index >= 15 is 0 Å². The molecule has 2 aromatic rings. The SMILES string of the molecule is Cc1cc(NC(=O)CN(C)Cc2cc(C(C)(C)C)n[nH]2)no1. The van der Waals surface area contributed by atoms with Crippen molar-refractivity contribution in [3.05, 3.63) is 29.3 Å². The summed E-state index contributed by atoms with van der Waals surface area (Å²) in [7, 11) is 1.88. The van der Waals surface area contributed by atoms with Crippen LogP contribution in [0.25, 0.3) is 0 Å². The number of hydrogen-bond acceptors (Lipinski definition) is 5. The lowest BCUT2D eigenvalue weighted by atomic mass is 9.92. The number of aryl methyl sites for hydroxylation is 1. The zero-order valence-electron chi connectivity index (χ0n) is 13.7. The minimum absolute atomic E-state index is 0.00943. The van der Waals surface area contributed by atoms with Crippen molar-refractivity contribution in [3.63, 3.8) is 0 Å². The van der Waals surface area contributed by atoms with Crippen molar-refractivity contribution in [2.75, 3.05) is 18.9 Å². The number of aromatic amines is 1. The maximum Gasteiger partial charge on any atom is 0.239 e. The van der Waals surface area contributed by atoms with Gasteiger partial charge in [0.2, 0.25) is 5.91 Å². The second kappa shape index (κ2) is 6.31. The molecular formula is C15H23N5O2. The molecule has 2 aromatic heterocycles. The topological polar surface area (TPSA) is 87.0 Å². The van der Waals surface area contributed by atoms with E-state index in [1.807, 2.05) is 18.0 Å². The smallest absolute Gasteiger partial charge is 0.239 e. The molecule has 0 fully saturated rings. The van der Waals surface area contributed by atoms with E-state index in [0.29, 0.717) is 18.1 Å². The number of amides is 1. The Bertz CT molecular complexity index is 638. The molecule has 2 heterocycles. The largest absolute Gasteiger partial charge is 0.360 e. The Morgan fingerprint density at radius 3 is 2.68 bits per heavy atom. The fourth-order valence-electron chi connectivity index (χ4n) is 2.03. The summed E-state index contributed by atoms with van der Waals surface area (Å²) in [6.07, 6.45) is 0. The molecular weight excluding hydrogens is 282 g/mol. The molecule has 0 radical (unpaired) electrons. The normalized spacial score (nSPS) is 11.9. The third-order valence-corrected chi connectivity index (χ3v) is 3.15. The van der Waals surface area contributed by atoms with Crippen LogP contribution in [0.2, 0.25) is 0 Å². The molecule has 1 amide bonds. The van der Waals surface area contributed by atoms with Crippen molar-refractivity contribution in [1.82, 2.24) is 20.3 Å². The lowest BCUT2D eigenvalue weighted by Gasteiger charge is -2.15. The average molecular weight is 305 g/mol. The number of carbonyl (C=O) groups excluding carboxylic acids is 1. The Labute approximate surface area is 130 Å². The zero-order valence-corrected chi connectivity index (χ0v) is 13.7. The number of rotatable bonds is 5. The second-order valence-electron chi connectivity index (χ2n) is 6.57. The van der Waals surface area contributed by atoms with Crippen LogP contribution in [0.4, 0.5) is 5.82 Å². The van der Waals surface area contributed by atoms with Crippen LogP contribution in [0.1, 0.15) is 37.9 Å². The number of H-pyrrole nitrogens is 1.